The number of hydrogen-bond acceptors (Lipinski definition) is 4. The maximum atomic E-state index is 12.6. The van der Waals surface area contributed by atoms with E-state index in [1.165, 1.54) is 4.88 Å². The number of thiophene rings is 1. The van der Waals surface area contributed by atoms with Crippen LogP contribution in [0.1, 0.15) is 22.2 Å². The number of benzene rings is 1. The largest absolute Gasteiger partial charge is 0.497 e. The highest BCUT2D eigenvalue weighted by Gasteiger charge is 2.23. The first kappa shape index (κ1) is 15.9. The Balaban J connectivity index is 1.62. The van der Waals surface area contributed by atoms with Crippen molar-refractivity contribution in [2.75, 3.05) is 38.2 Å². The molecular weight excluding hydrogens is 308 g/mol. The molecular formula is C18H22N2O2S. The molecule has 1 aromatic heterocycles. The van der Waals surface area contributed by atoms with E-state index in [0.29, 0.717) is 0 Å². The summed E-state index contributed by atoms with van der Waals surface area (Å²) in [5, 5.41) is 1.98. The number of piperazine rings is 1. The number of carbonyl (C=O) groups is 1. The van der Waals surface area contributed by atoms with Crippen LogP contribution in [0.5, 0.6) is 5.75 Å². The van der Waals surface area contributed by atoms with Crippen LogP contribution in [0.25, 0.3) is 0 Å². The van der Waals surface area contributed by atoms with Gasteiger partial charge in [0, 0.05) is 48.2 Å². The zero-order chi connectivity index (χ0) is 16.2. The summed E-state index contributed by atoms with van der Waals surface area (Å²) in [5.41, 5.74) is 1.99. The maximum absolute atomic E-state index is 12.6. The van der Waals surface area contributed by atoms with Crippen LogP contribution >= 0.6 is 11.3 Å². The van der Waals surface area contributed by atoms with Crippen molar-refractivity contribution in [1.82, 2.24) is 4.90 Å². The molecule has 1 aliphatic rings. The summed E-state index contributed by atoms with van der Waals surface area (Å²) >= 11 is 1.67. The monoisotopic (exact) mass is 330 g/mol. The van der Waals surface area contributed by atoms with Crippen molar-refractivity contribution in [1.29, 1.82) is 0 Å². The molecule has 0 spiro atoms. The van der Waals surface area contributed by atoms with Crippen LogP contribution in [0.15, 0.2) is 35.7 Å². The van der Waals surface area contributed by atoms with Crippen molar-refractivity contribution < 1.29 is 9.53 Å². The Kier molecular flexibility index (Phi) is 4.86. The molecule has 0 N–H and O–H groups in total. The molecule has 0 aliphatic carbocycles. The lowest BCUT2D eigenvalue weighted by Gasteiger charge is -2.36. The summed E-state index contributed by atoms with van der Waals surface area (Å²) in [6.07, 6.45) is 0.988. The predicted octanol–water partition coefficient (Wildman–Crippen LogP) is 3.28. The van der Waals surface area contributed by atoms with Gasteiger partial charge in [-0.1, -0.05) is 13.0 Å². The van der Waals surface area contributed by atoms with Gasteiger partial charge in [-0.25, -0.2) is 0 Å². The molecule has 1 amide bonds. The lowest BCUT2D eigenvalue weighted by atomic mass is 10.2. The molecule has 3 rings (SSSR count). The molecule has 1 fully saturated rings. The Morgan fingerprint density at radius 2 is 2.00 bits per heavy atom. The average Bonchev–Trinajstić information content (AvgIpc) is 3.10. The highest BCUT2D eigenvalue weighted by Crippen LogP contribution is 2.23. The second-order valence-electron chi connectivity index (χ2n) is 5.64. The Labute approximate surface area is 141 Å². The lowest BCUT2D eigenvalue weighted by Crippen LogP contribution is -2.48. The Morgan fingerprint density at radius 3 is 2.65 bits per heavy atom. The van der Waals surface area contributed by atoms with E-state index in [-0.39, 0.29) is 5.91 Å². The van der Waals surface area contributed by atoms with Gasteiger partial charge in [-0.05, 0) is 24.6 Å². The normalized spacial score (nSPS) is 14.9. The maximum Gasteiger partial charge on any atom is 0.254 e. The second-order valence-corrected chi connectivity index (χ2v) is 6.63. The Hall–Kier alpha value is -2.01. The van der Waals surface area contributed by atoms with E-state index in [0.717, 1.165) is 49.6 Å². The molecule has 5 heteroatoms. The zero-order valence-corrected chi connectivity index (χ0v) is 14.4. The van der Waals surface area contributed by atoms with E-state index >= 15 is 0 Å². The molecule has 4 nitrogen and oxygen atoms in total. The van der Waals surface area contributed by atoms with Crippen molar-refractivity contribution in [2.45, 2.75) is 13.3 Å². The summed E-state index contributed by atoms with van der Waals surface area (Å²) in [7, 11) is 1.68. The van der Waals surface area contributed by atoms with Gasteiger partial charge in [0.15, 0.2) is 0 Å². The molecule has 2 heterocycles. The summed E-state index contributed by atoms with van der Waals surface area (Å²) in [6.45, 7) is 5.33. The molecule has 2 aromatic rings. The van der Waals surface area contributed by atoms with E-state index in [1.54, 1.807) is 18.4 Å². The van der Waals surface area contributed by atoms with Crippen molar-refractivity contribution >= 4 is 22.9 Å². The minimum Gasteiger partial charge on any atom is -0.497 e. The van der Waals surface area contributed by atoms with Gasteiger partial charge in [0.25, 0.3) is 5.91 Å². The van der Waals surface area contributed by atoms with Gasteiger partial charge < -0.3 is 14.5 Å². The minimum absolute atomic E-state index is 0.159. The van der Waals surface area contributed by atoms with Crippen LogP contribution in [0.3, 0.4) is 0 Å². The van der Waals surface area contributed by atoms with Crippen LogP contribution in [-0.2, 0) is 6.42 Å². The number of aryl methyl sites for hydroxylation is 1. The van der Waals surface area contributed by atoms with E-state index in [4.69, 9.17) is 4.74 Å². The topological polar surface area (TPSA) is 32.8 Å². The van der Waals surface area contributed by atoms with Gasteiger partial charge in [0.05, 0.1) is 12.7 Å². The number of rotatable bonds is 4. The van der Waals surface area contributed by atoms with Gasteiger partial charge >= 0.3 is 0 Å². The fraction of sp³-hybridized carbons (Fsp3) is 0.389. The van der Waals surface area contributed by atoms with Crippen LogP contribution in [-0.4, -0.2) is 44.1 Å². The van der Waals surface area contributed by atoms with Crippen LogP contribution in [0, 0.1) is 0 Å². The molecule has 1 aromatic carbocycles. The second kappa shape index (κ2) is 7.04. The Morgan fingerprint density at radius 1 is 1.22 bits per heavy atom. The number of amides is 1. The summed E-state index contributed by atoms with van der Waals surface area (Å²) in [4.78, 5) is 18.1. The first-order valence-electron chi connectivity index (χ1n) is 7.97. The zero-order valence-electron chi connectivity index (χ0n) is 13.6. The first-order chi connectivity index (χ1) is 11.2. The van der Waals surface area contributed by atoms with Crippen molar-refractivity contribution in [2.24, 2.45) is 0 Å². The van der Waals surface area contributed by atoms with Crippen LogP contribution in [0.4, 0.5) is 5.69 Å². The Bertz CT molecular complexity index is 675. The molecule has 0 atom stereocenters. The molecule has 23 heavy (non-hydrogen) atoms. The molecule has 0 unspecified atom stereocenters. The molecule has 1 aliphatic heterocycles. The third-order valence-electron chi connectivity index (χ3n) is 4.23. The third kappa shape index (κ3) is 3.50. The van der Waals surface area contributed by atoms with Crippen LogP contribution in [0.2, 0.25) is 0 Å². The average molecular weight is 330 g/mol. The van der Waals surface area contributed by atoms with Gasteiger partial charge in [0.1, 0.15) is 5.75 Å². The van der Waals surface area contributed by atoms with E-state index in [2.05, 4.69) is 17.9 Å². The number of anilines is 1. The number of nitrogens with zero attached hydrogens (tertiary/aromatic N) is 2. The number of ether oxygens (including phenoxy) is 1. The predicted molar refractivity (Wildman–Crippen MR) is 94.8 cm³/mol. The number of hydrogen-bond donors (Lipinski definition) is 0. The van der Waals surface area contributed by atoms with Crippen molar-refractivity contribution in [3.05, 3.63) is 46.2 Å². The van der Waals surface area contributed by atoms with Gasteiger partial charge in [-0.2, -0.15) is 0 Å². The smallest absolute Gasteiger partial charge is 0.254 e. The summed E-state index contributed by atoms with van der Waals surface area (Å²) < 4.78 is 5.29. The molecule has 0 bridgehead atoms. The van der Waals surface area contributed by atoms with E-state index < -0.39 is 0 Å². The van der Waals surface area contributed by atoms with Crippen LogP contribution < -0.4 is 9.64 Å². The van der Waals surface area contributed by atoms with Gasteiger partial charge in [0.2, 0.25) is 0 Å². The highest BCUT2D eigenvalue weighted by molar-refractivity contribution is 7.10. The van der Waals surface area contributed by atoms with Gasteiger partial charge in [-0.15, -0.1) is 11.3 Å². The fourth-order valence-corrected chi connectivity index (χ4v) is 3.64. The van der Waals surface area contributed by atoms with Crippen molar-refractivity contribution in [3.63, 3.8) is 0 Å². The lowest BCUT2D eigenvalue weighted by molar-refractivity contribution is 0.0747. The number of methoxy groups -OCH3 is 1. The SMILES string of the molecule is CCc1cc(C(=O)N2CCN(c3cccc(OC)c3)CC2)cs1. The standard InChI is InChI=1S/C18H22N2O2S/c1-3-17-11-14(13-23-17)18(21)20-9-7-19(8-10-20)15-5-4-6-16(12-15)22-2/h4-6,11-13H,3,7-10H2,1-2H3. The van der Waals surface area contributed by atoms with Gasteiger partial charge in [-0.3, -0.25) is 4.79 Å². The summed E-state index contributed by atoms with van der Waals surface area (Å²) in [6, 6.07) is 10.1. The third-order valence-corrected chi connectivity index (χ3v) is 5.32. The molecule has 0 radical (unpaired) electrons. The first-order valence-corrected chi connectivity index (χ1v) is 8.85. The quantitative estimate of drug-likeness (QED) is 0.862. The molecule has 1 saturated heterocycles. The molecule has 0 saturated carbocycles. The van der Waals surface area contributed by atoms with Crippen molar-refractivity contribution in [3.8, 4) is 5.75 Å². The van der Waals surface area contributed by atoms with E-state index in [9.17, 15) is 4.79 Å². The minimum atomic E-state index is 0.159. The summed E-state index contributed by atoms with van der Waals surface area (Å²) in [5.74, 6) is 1.03. The molecule has 122 valence electrons. The number of carbonyl (C=O) groups excluding carboxylic acids is 1. The van der Waals surface area contributed by atoms with E-state index in [1.807, 2.05) is 34.5 Å². The highest BCUT2D eigenvalue weighted by atomic mass is 32.1. The fourth-order valence-electron chi connectivity index (χ4n) is 2.84.